The lowest BCUT2D eigenvalue weighted by molar-refractivity contribution is 0.388. The first-order chi connectivity index (χ1) is 13.9. The average Bonchev–Trinajstić information content (AvgIpc) is 2.71. The zero-order chi connectivity index (χ0) is 20.9. The largest absolute Gasteiger partial charge is 0.357 e. The van der Waals surface area contributed by atoms with Crippen molar-refractivity contribution in [1.82, 2.24) is 0 Å². The van der Waals surface area contributed by atoms with Crippen LogP contribution in [0.25, 0.3) is 10.9 Å². The first-order valence-corrected chi connectivity index (χ1v) is 11.5. The predicted molar refractivity (Wildman–Crippen MR) is 121 cm³/mol. The Labute approximate surface area is 172 Å². The SMILES string of the molecule is CC(C)c1ccc(C(CCc2ccccc2)=C(c2ccccc2)P(=O)(O)O)cc1. The van der Waals surface area contributed by atoms with E-state index in [1.165, 1.54) is 5.56 Å². The topological polar surface area (TPSA) is 57.5 Å². The third kappa shape index (κ3) is 5.55. The van der Waals surface area contributed by atoms with E-state index in [2.05, 4.69) is 13.8 Å². The highest BCUT2D eigenvalue weighted by atomic mass is 31.2. The van der Waals surface area contributed by atoms with Crippen molar-refractivity contribution in [3.8, 4) is 0 Å². The van der Waals surface area contributed by atoms with Crippen LogP contribution in [0.3, 0.4) is 0 Å². The third-order valence-corrected chi connectivity index (χ3v) is 6.17. The van der Waals surface area contributed by atoms with Crippen LogP contribution in [0.15, 0.2) is 84.9 Å². The van der Waals surface area contributed by atoms with Crippen LogP contribution >= 0.6 is 7.60 Å². The van der Waals surface area contributed by atoms with Gasteiger partial charge in [0.1, 0.15) is 0 Å². The molecule has 3 aromatic rings. The van der Waals surface area contributed by atoms with Gasteiger partial charge in [-0.25, -0.2) is 0 Å². The van der Waals surface area contributed by atoms with Crippen molar-refractivity contribution in [2.45, 2.75) is 32.6 Å². The van der Waals surface area contributed by atoms with Crippen LogP contribution in [-0.4, -0.2) is 9.79 Å². The summed E-state index contributed by atoms with van der Waals surface area (Å²) in [4.78, 5) is 20.5. The molecular weight excluding hydrogens is 379 g/mol. The summed E-state index contributed by atoms with van der Waals surface area (Å²) in [6.07, 6.45) is 1.25. The molecule has 0 amide bonds. The zero-order valence-corrected chi connectivity index (χ0v) is 17.7. The molecule has 0 bridgehead atoms. The van der Waals surface area contributed by atoms with Crippen molar-refractivity contribution in [2.75, 3.05) is 0 Å². The number of hydrogen-bond donors (Lipinski definition) is 2. The highest BCUT2D eigenvalue weighted by molar-refractivity contribution is 7.63. The quantitative estimate of drug-likeness (QED) is 0.348. The van der Waals surface area contributed by atoms with Gasteiger partial charge in [-0.05, 0) is 46.6 Å². The minimum atomic E-state index is -4.49. The van der Waals surface area contributed by atoms with Gasteiger partial charge < -0.3 is 9.79 Å². The minimum absolute atomic E-state index is 0.117. The number of rotatable bonds is 7. The van der Waals surface area contributed by atoms with Crippen LogP contribution in [0.2, 0.25) is 0 Å². The van der Waals surface area contributed by atoms with Crippen LogP contribution < -0.4 is 0 Å². The molecule has 0 aliphatic carbocycles. The average molecular weight is 406 g/mol. The minimum Gasteiger partial charge on any atom is -0.321 e. The Hall–Kier alpha value is -2.45. The maximum atomic E-state index is 12.6. The van der Waals surface area contributed by atoms with Gasteiger partial charge in [0.05, 0.1) is 5.31 Å². The van der Waals surface area contributed by atoms with E-state index in [-0.39, 0.29) is 5.31 Å². The molecule has 4 heteroatoms. The van der Waals surface area contributed by atoms with E-state index in [1.54, 1.807) is 12.1 Å². The summed E-state index contributed by atoms with van der Waals surface area (Å²) < 4.78 is 12.6. The Morgan fingerprint density at radius 1 is 0.793 bits per heavy atom. The Bertz CT molecular complexity index is 1000. The van der Waals surface area contributed by atoms with Gasteiger partial charge in [-0.3, -0.25) is 4.57 Å². The lowest BCUT2D eigenvalue weighted by atomic mass is 9.93. The molecule has 0 aliphatic heterocycles. The zero-order valence-electron chi connectivity index (χ0n) is 16.8. The summed E-state index contributed by atoms with van der Waals surface area (Å²) in [6, 6.07) is 27.1. The summed E-state index contributed by atoms with van der Waals surface area (Å²) in [5.74, 6) is 0.399. The van der Waals surface area contributed by atoms with Gasteiger partial charge in [0.2, 0.25) is 0 Å². The van der Waals surface area contributed by atoms with Crippen LogP contribution in [-0.2, 0) is 11.0 Å². The molecule has 0 radical (unpaired) electrons. The van der Waals surface area contributed by atoms with Gasteiger partial charge in [-0.15, -0.1) is 0 Å². The molecule has 0 spiro atoms. The van der Waals surface area contributed by atoms with Crippen molar-refractivity contribution < 1.29 is 14.4 Å². The summed E-state index contributed by atoms with van der Waals surface area (Å²) in [7, 11) is -4.49. The second kappa shape index (κ2) is 9.37. The summed E-state index contributed by atoms with van der Waals surface area (Å²) >= 11 is 0. The maximum Gasteiger partial charge on any atom is 0.357 e. The van der Waals surface area contributed by atoms with Crippen molar-refractivity contribution in [2.24, 2.45) is 0 Å². The summed E-state index contributed by atoms with van der Waals surface area (Å²) in [5, 5.41) is 0.117. The molecule has 0 aromatic heterocycles. The lowest BCUT2D eigenvalue weighted by Crippen LogP contribution is -1.98. The Balaban J connectivity index is 2.13. The van der Waals surface area contributed by atoms with E-state index in [0.29, 0.717) is 29.9 Å². The molecule has 0 heterocycles. The molecule has 0 fully saturated rings. The standard InChI is InChI=1S/C25H27O3P/c1-19(2)21-14-16-22(17-15-21)24(18-13-20-9-5-3-6-10-20)25(29(26,27)28)23-11-7-4-8-12-23/h3-12,14-17,19H,13,18H2,1-2H3,(H2,26,27,28). The number of aryl methyl sites for hydroxylation is 1. The first kappa shape index (κ1) is 21.3. The lowest BCUT2D eigenvalue weighted by Gasteiger charge is -2.18. The number of benzene rings is 3. The summed E-state index contributed by atoms with van der Waals surface area (Å²) in [5.41, 5.74) is 4.46. The molecule has 2 N–H and O–H groups in total. The van der Waals surface area contributed by atoms with Crippen LogP contribution in [0.5, 0.6) is 0 Å². The van der Waals surface area contributed by atoms with Crippen molar-refractivity contribution in [1.29, 1.82) is 0 Å². The second-order valence-corrected chi connectivity index (χ2v) is 9.03. The number of hydrogen-bond acceptors (Lipinski definition) is 1. The summed E-state index contributed by atoms with van der Waals surface area (Å²) in [6.45, 7) is 4.26. The molecule has 29 heavy (non-hydrogen) atoms. The van der Waals surface area contributed by atoms with Gasteiger partial charge in [0.15, 0.2) is 0 Å². The third-order valence-electron chi connectivity index (χ3n) is 5.06. The smallest absolute Gasteiger partial charge is 0.321 e. The van der Waals surface area contributed by atoms with Gasteiger partial charge in [0, 0.05) is 0 Å². The molecule has 0 unspecified atom stereocenters. The molecule has 0 saturated heterocycles. The molecule has 0 saturated carbocycles. The van der Waals surface area contributed by atoms with Gasteiger partial charge in [0.25, 0.3) is 0 Å². The maximum absolute atomic E-state index is 12.6. The first-order valence-electron chi connectivity index (χ1n) is 9.85. The van der Waals surface area contributed by atoms with E-state index in [0.717, 1.165) is 11.1 Å². The molecule has 0 atom stereocenters. The Morgan fingerprint density at radius 2 is 1.34 bits per heavy atom. The fourth-order valence-electron chi connectivity index (χ4n) is 3.50. The van der Waals surface area contributed by atoms with Gasteiger partial charge in [-0.1, -0.05) is 98.8 Å². The highest BCUT2D eigenvalue weighted by Gasteiger charge is 2.27. The molecular formula is C25H27O3P. The predicted octanol–water partition coefficient (Wildman–Crippen LogP) is 6.49. The van der Waals surface area contributed by atoms with Crippen LogP contribution in [0, 0.1) is 0 Å². The van der Waals surface area contributed by atoms with Crippen molar-refractivity contribution >= 4 is 18.5 Å². The number of allylic oxidation sites excluding steroid dienone is 1. The van der Waals surface area contributed by atoms with Gasteiger partial charge >= 0.3 is 7.60 Å². The monoisotopic (exact) mass is 406 g/mol. The molecule has 3 aromatic carbocycles. The van der Waals surface area contributed by atoms with E-state index >= 15 is 0 Å². The van der Waals surface area contributed by atoms with E-state index < -0.39 is 7.60 Å². The van der Waals surface area contributed by atoms with E-state index in [1.807, 2.05) is 72.8 Å². The molecule has 0 aliphatic rings. The fourth-order valence-corrected chi connectivity index (χ4v) is 4.57. The normalized spacial score (nSPS) is 12.7. The fraction of sp³-hybridized carbons (Fsp3) is 0.200. The second-order valence-electron chi connectivity index (χ2n) is 7.50. The van der Waals surface area contributed by atoms with E-state index in [9.17, 15) is 14.4 Å². The van der Waals surface area contributed by atoms with E-state index in [4.69, 9.17) is 0 Å². The molecule has 150 valence electrons. The van der Waals surface area contributed by atoms with Gasteiger partial charge in [-0.2, -0.15) is 0 Å². The van der Waals surface area contributed by atoms with Crippen LogP contribution in [0.1, 0.15) is 48.4 Å². The Morgan fingerprint density at radius 3 is 1.86 bits per heavy atom. The van der Waals surface area contributed by atoms with Crippen LogP contribution in [0.4, 0.5) is 0 Å². The molecule has 3 rings (SSSR count). The molecule has 3 nitrogen and oxygen atoms in total. The van der Waals surface area contributed by atoms with Crippen molar-refractivity contribution in [3.63, 3.8) is 0 Å². The van der Waals surface area contributed by atoms with Crippen molar-refractivity contribution in [3.05, 3.63) is 107 Å². The Kier molecular flexibility index (Phi) is 6.87. The highest BCUT2D eigenvalue weighted by Crippen LogP contribution is 2.55.